The highest BCUT2D eigenvalue weighted by molar-refractivity contribution is 5.95. The Labute approximate surface area is 91.1 Å². The molecule has 0 aromatic rings. The average molecular weight is 210 g/mol. The normalized spacial score (nSPS) is 17.6. The van der Waals surface area contributed by atoms with E-state index in [1.54, 1.807) is 6.08 Å². The minimum absolute atomic E-state index is 0.198. The third kappa shape index (κ3) is 6.43. The van der Waals surface area contributed by atoms with E-state index in [1.165, 1.54) is 0 Å². The number of allylic oxidation sites excluding steroid dienone is 1. The molecule has 15 heavy (non-hydrogen) atoms. The maximum absolute atomic E-state index is 10.8. The van der Waals surface area contributed by atoms with Crippen LogP contribution in [0.3, 0.4) is 0 Å². The van der Waals surface area contributed by atoms with Crippen LogP contribution in [0.1, 0.15) is 20.3 Å². The van der Waals surface area contributed by atoms with Crippen LogP contribution in [0.5, 0.6) is 0 Å². The Balaban J connectivity index is 0. The van der Waals surface area contributed by atoms with Gasteiger partial charge in [-0.05, 0) is 13.8 Å². The second-order valence-electron chi connectivity index (χ2n) is 2.85. The first kappa shape index (κ1) is 15.8. The maximum Gasteiger partial charge on any atom is 0.321 e. The van der Waals surface area contributed by atoms with Crippen molar-refractivity contribution in [1.29, 1.82) is 0 Å². The van der Waals surface area contributed by atoms with Gasteiger partial charge in [0, 0.05) is 0 Å². The van der Waals surface area contributed by atoms with E-state index in [9.17, 15) is 9.59 Å². The molecular weight excluding hydrogens is 192 g/mol. The van der Waals surface area contributed by atoms with Crippen LogP contribution in [0.2, 0.25) is 0 Å². The van der Waals surface area contributed by atoms with E-state index in [1.807, 2.05) is 13.8 Å². The molecular formula is C12H18O3. The quantitative estimate of drug-likeness (QED) is 0.379. The molecule has 0 bridgehead atoms. The van der Waals surface area contributed by atoms with Crippen LogP contribution >= 0.6 is 0 Å². The fourth-order valence-corrected chi connectivity index (χ4v) is 1.02. The van der Waals surface area contributed by atoms with Crippen molar-refractivity contribution in [3.8, 4) is 0 Å². The van der Waals surface area contributed by atoms with Gasteiger partial charge in [-0.2, -0.15) is 0 Å². The van der Waals surface area contributed by atoms with Gasteiger partial charge in [0.15, 0.2) is 0 Å². The van der Waals surface area contributed by atoms with Gasteiger partial charge in [-0.25, -0.2) is 0 Å². The third-order valence-corrected chi connectivity index (χ3v) is 1.44. The summed E-state index contributed by atoms with van der Waals surface area (Å²) in [5.41, 5.74) is 1.03. The molecule has 1 rings (SSSR count). The number of esters is 2. The van der Waals surface area contributed by atoms with Gasteiger partial charge in [0.25, 0.3) is 0 Å². The zero-order valence-electron chi connectivity index (χ0n) is 9.41. The van der Waals surface area contributed by atoms with Crippen molar-refractivity contribution >= 4 is 11.9 Å². The van der Waals surface area contributed by atoms with E-state index < -0.39 is 11.9 Å². The standard InChI is InChI=1S/C8H10O3.2C2H4/c1-5(2)3-6-4-7(9)11-8(6)10;2*1-2/h3,6H,4H2,1-2H3;2*1-2H2. The second kappa shape index (κ2) is 8.94. The third-order valence-electron chi connectivity index (χ3n) is 1.44. The Bertz CT molecular complexity index is 248. The lowest BCUT2D eigenvalue weighted by Gasteiger charge is -1.95. The predicted molar refractivity (Wildman–Crippen MR) is 61.1 cm³/mol. The maximum atomic E-state index is 10.8. The fraction of sp³-hybridized carbons (Fsp3) is 0.333. The molecule has 3 nitrogen and oxygen atoms in total. The first-order valence-corrected chi connectivity index (χ1v) is 4.49. The van der Waals surface area contributed by atoms with Crippen molar-refractivity contribution < 1.29 is 14.3 Å². The van der Waals surface area contributed by atoms with Crippen molar-refractivity contribution in [2.24, 2.45) is 5.92 Å². The molecule has 1 aliphatic heterocycles. The fourth-order valence-electron chi connectivity index (χ4n) is 1.02. The van der Waals surface area contributed by atoms with Crippen molar-refractivity contribution in [1.82, 2.24) is 0 Å². The number of cyclic esters (lactones) is 2. The summed E-state index contributed by atoms with van der Waals surface area (Å²) in [4.78, 5) is 21.4. The highest BCUT2D eigenvalue weighted by Crippen LogP contribution is 2.18. The van der Waals surface area contributed by atoms with Gasteiger partial charge in [-0.15, -0.1) is 26.3 Å². The molecule has 0 amide bonds. The van der Waals surface area contributed by atoms with Crippen LogP contribution in [0.4, 0.5) is 0 Å². The van der Waals surface area contributed by atoms with E-state index in [-0.39, 0.29) is 12.3 Å². The number of carbonyl (C=O) groups excluding carboxylic acids is 2. The van der Waals surface area contributed by atoms with Crippen molar-refractivity contribution in [3.05, 3.63) is 38.0 Å². The zero-order valence-corrected chi connectivity index (χ0v) is 9.41. The molecule has 3 heteroatoms. The number of ether oxygens (including phenoxy) is 1. The molecule has 1 aliphatic rings. The molecule has 0 aromatic heterocycles. The molecule has 1 atom stereocenters. The Hall–Kier alpha value is -1.64. The lowest BCUT2D eigenvalue weighted by Crippen LogP contribution is -2.04. The van der Waals surface area contributed by atoms with E-state index in [2.05, 4.69) is 31.1 Å². The molecule has 0 N–H and O–H groups in total. The zero-order chi connectivity index (χ0) is 12.4. The minimum Gasteiger partial charge on any atom is -0.393 e. The molecule has 1 heterocycles. The molecule has 1 unspecified atom stereocenters. The molecule has 0 spiro atoms. The van der Waals surface area contributed by atoms with Gasteiger partial charge in [-0.3, -0.25) is 9.59 Å². The van der Waals surface area contributed by atoms with E-state index >= 15 is 0 Å². The number of rotatable bonds is 1. The Kier molecular flexibility index (Phi) is 9.42. The van der Waals surface area contributed by atoms with Gasteiger partial charge < -0.3 is 4.74 Å². The van der Waals surface area contributed by atoms with Crippen LogP contribution < -0.4 is 0 Å². The largest absolute Gasteiger partial charge is 0.393 e. The van der Waals surface area contributed by atoms with Crippen LogP contribution in [0, 0.1) is 5.92 Å². The van der Waals surface area contributed by atoms with Crippen LogP contribution in [0.15, 0.2) is 38.0 Å². The first-order chi connectivity index (χ1) is 7.09. The van der Waals surface area contributed by atoms with Gasteiger partial charge in [0.2, 0.25) is 0 Å². The topological polar surface area (TPSA) is 43.4 Å². The van der Waals surface area contributed by atoms with E-state index in [4.69, 9.17) is 0 Å². The van der Waals surface area contributed by atoms with Crippen molar-refractivity contribution in [3.63, 3.8) is 0 Å². The van der Waals surface area contributed by atoms with Crippen LogP contribution in [0.25, 0.3) is 0 Å². The van der Waals surface area contributed by atoms with Gasteiger partial charge >= 0.3 is 11.9 Å². The molecule has 84 valence electrons. The number of hydrogen-bond donors (Lipinski definition) is 0. The summed E-state index contributed by atoms with van der Waals surface area (Å²) in [6.07, 6.45) is 1.96. The lowest BCUT2D eigenvalue weighted by atomic mass is 10.1. The molecule has 0 aromatic carbocycles. The Morgan fingerprint density at radius 3 is 2.00 bits per heavy atom. The van der Waals surface area contributed by atoms with Crippen molar-refractivity contribution in [2.45, 2.75) is 20.3 Å². The predicted octanol–water partition coefficient (Wildman–Crippen LogP) is 2.65. The Morgan fingerprint density at radius 2 is 1.73 bits per heavy atom. The van der Waals surface area contributed by atoms with Gasteiger partial charge in [0.1, 0.15) is 0 Å². The average Bonchev–Trinajstić information content (AvgIpc) is 2.51. The molecule has 1 fully saturated rings. The van der Waals surface area contributed by atoms with E-state index in [0.29, 0.717) is 0 Å². The minimum atomic E-state index is -0.420. The summed E-state index contributed by atoms with van der Waals surface area (Å²) in [5.74, 6) is -1.18. The summed E-state index contributed by atoms with van der Waals surface area (Å²) in [7, 11) is 0. The van der Waals surface area contributed by atoms with Crippen molar-refractivity contribution in [2.75, 3.05) is 0 Å². The van der Waals surface area contributed by atoms with Gasteiger partial charge in [-0.1, -0.05) is 11.6 Å². The lowest BCUT2D eigenvalue weighted by molar-refractivity contribution is -0.152. The highest BCUT2D eigenvalue weighted by atomic mass is 16.6. The highest BCUT2D eigenvalue weighted by Gasteiger charge is 2.31. The summed E-state index contributed by atoms with van der Waals surface area (Å²) < 4.78 is 4.35. The Morgan fingerprint density at radius 1 is 1.27 bits per heavy atom. The summed E-state index contributed by atoms with van der Waals surface area (Å²) >= 11 is 0. The summed E-state index contributed by atoms with van der Waals surface area (Å²) in [6, 6.07) is 0. The van der Waals surface area contributed by atoms with E-state index in [0.717, 1.165) is 5.57 Å². The molecule has 0 radical (unpaired) electrons. The van der Waals surface area contributed by atoms with Crippen LogP contribution in [-0.4, -0.2) is 11.9 Å². The first-order valence-electron chi connectivity index (χ1n) is 4.49. The number of hydrogen-bond acceptors (Lipinski definition) is 3. The summed E-state index contributed by atoms with van der Waals surface area (Å²) in [6.45, 7) is 15.8. The number of carbonyl (C=O) groups is 2. The molecule has 0 aliphatic carbocycles. The molecule has 0 saturated carbocycles. The monoisotopic (exact) mass is 210 g/mol. The summed E-state index contributed by atoms with van der Waals surface area (Å²) in [5, 5.41) is 0. The second-order valence-corrected chi connectivity index (χ2v) is 2.85. The molecule has 1 saturated heterocycles. The SMILES string of the molecule is C=C.C=C.CC(C)=CC1CC(=O)OC1=O. The van der Waals surface area contributed by atoms with Gasteiger partial charge in [0.05, 0.1) is 12.3 Å². The van der Waals surface area contributed by atoms with Crippen LogP contribution in [-0.2, 0) is 14.3 Å². The smallest absolute Gasteiger partial charge is 0.321 e.